The summed E-state index contributed by atoms with van der Waals surface area (Å²) in [6.45, 7) is 11.3. The van der Waals surface area contributed by atoms with E-state index < -0.39 is 20.3 Å². The van der Waals surface area contributed by atoms with Crippen molar-refractivity contribution in [3.05, 3.63) is 168 Å². The number of fused-ring (bicyclic) bond motifs is 8. The predicted molar refractivity (Wildman–Crippen MR) is 307 cm³/mol. The van der Waals surface area contributed by atoms with Crippen molar-refractivity contribution in [2.45, 2.75) is 66.5 Å². The zero-order valence-electron chi connectivity index (χ0n) is 46.6. The molecule has 2 aliphatic heterocycles. The van der Waals surface area contributed by atoms with Crippen LogP contribution in [0.5, 0.6) is 23.0 Å². The van der Waals surface area contributed by atoms with Gasteiger partial charge in [0.2, 0.25) is 11.0 Å². The first-order valence-electron chi connectivity index (χ1n) is 25.5. The van der Waals surface area contributed by atoms with Crippen molar-refractivity contribution in [1.29, 1.82) is 0 Å². The highest BCUT2D eigenvalue weighted by atomic mass is 16.9. The highest BCUT2D eigenvalue weighted by Crippen LogP contribution is 2.57. The minimum atomic E-state index is -1.75. The van der Waals surface area contributed by atoms with Gasteiger partial charge in [0, 0.05) is 72.5 Å². The standard InChI is InChI=1S/2C27H28N3O4.2HNO3.2NO3/c2*1-5-15-28-17-9-7-11-21(33-3)23(17)26-24-18(10-8-12-22(24)34-4)29(16-6-2)27-20(30(31)32)14-13-19(28)25(26)27;4*2-1(3)4/h2*7-14H,5-6,15-16H2,1-4H3;2*(H,2,3,4);;/q2*+1;;;2*-1. The molecule has 8 aromatic rings. The number of methoxy groups -OCH3 is 4. The number of ether oxygens (including phenoxy) is 4. The second-order valence-electron chi connectivity index (χ2n) is 17.9. The van der Waals surface area contributed by atoms with Gasteiger partial charge in [-0.25, -0.2) is 0 Å². The number of rotatable bonds is 14. The lowest BCUT2D eigenvalue weighted by Crippen LogP contribution is -2.37. The summed E-state index contributed by atoms with van der Waals surface area (Å²) in [5.41, 5.74) is 11.0. The molecule has 0 fully saturated rings. The van der Waals surface area contributed by atoms with Crippen LogP contribution >= 0.6 is 0 Å². The summed E-state index contributed by atoms with van der Waals surface area (Å²) in [6, 6.07) is 31.0. The highest BCUT2D eigenvalue weighted by Gasteiger charge is 2.40. The Morgan fingerprint density at radius 1 is 0.405 bits per heavy atom. The average molecular weight is 1170 g/mol. The van der Waals surface area contributed by atoms with Gasteiger partial charge in [-0.05, 0) is 61.4 Å². The highest BCUT2D eigenvalue weighted by molar-refractivity contribution is 6.23. The van der Waals surface area contributed by atoms with Crippen molar-refractivity contribution >= 4 is 77.7 Å². The molecule has 0 saturated carbocycles. The lowest BCUT2D eigenvalue weighted by molar-refractivity contribution is -0.742. The molecule has 4 heterocycles. The maximum Gasteiger partial charge on any atom is 0.340 e. The third kappa shape index (κ3) is 13.1. The van der Waals surface area contributed by atoms with E-state index in [0.29, 0.717) is 24.1 Å². The Bertz CT molecular complexity index is 3530. The fourth-order valence-electron chi connectivity index (χ4n) is 10.7. The van der Waals surface area contributed by atoms with Gasteiger partial charge in [0.05, 0.1) is 92.8 Å². The number of pyridine rings is 2. The number of benzene rings is 6. The van der Waals surface area contributed by atoms with Crippen molar-refractivity contribution in [3.8, 4) is 45.3 Å². The van der Waals surface area contributed by atoms with E-state index in [1.54, 1.807) is 40.6 Å². The molecule has 0 radical (unpaired) electrons. The molecule has 2 N–H and O–H groups in total. The minimum Gasteiger partial charge on any atom is -0.496 e. The zero-order valence-corrected chi connectivity index (χ0v) is 46.6. The Labute approximate surface area is 476 Å². The van der Waals surface area contributed by atoms with Crippen LogP contribution in [0.3, 0.4) is 0 Å². The first kappa shape index (κ1) is 63.9. The molecule has 6 aromatic carbocycles. The van der Waals surface area contributed by atoms with Crippen molar-refractivity contribution in [3.63, 3.8) is 0 Å². The fourth-order valence-corrected chi connectivity index (χ4v) is 10.7. The second-order valence-corrected chi connectivity index (χ2v) is 17.9. The summed E-state index contributed by atoms with van der Waals surface area (Å²) < 4.78 is 27.6. The lowest BCUT2D eigenvalue weighted by Gasteiger charge is -2.33. The van der Waals surface area contributed by atoms with Gasteiger partial charge in [0.1, 0.15) is 36.1 Å². The number of hydrogen-bond donors (Lipinski definition) is 2. The molecule has 0 aliphatic carbocycles. The molecule has 30 nitrogen and oxygen atoms in total. The molecule has 0 saturated heterocycles. The maximum atomic E-state index is 12.3. The number of hydrogen-bond acceptors (Lipinski definition) is 20. The van der Waals surface area contributed by atoms with Crippen molar-refractivity contribution in [2.75, 3.05) is 51.3 Å². The van der Waals surface area contributed by atoms with E-state index in [4.69, 9.17) is 80.2 Å². The molecule has 10 rings (SSSR count). The van der Waals surface area contributed by atoms with Crippen LogP contribution in [0.4, 0.5) is 34.1 Å². The first-order chi connectivity index (χ1) is 40.1. The summed E-state index contributed by atoms with van der Waals surface area (Å²) in [4.78, 5) is 61.7. The smallest absolute Gasteiger partial charge is 0.340 e. The number of nitro benzene ring substituents is 2. The molecule has 0 amide bonds. The first-order valence-corrected chi connectivity index (χ1v) is 25.5. The Morgan fingerprint density at radius 3 is 0.976 bits per heavy atom. The van der Waals surface area contributed by atoms with E-state index in [-0.39, 0.29) is 21.2 Å². The number of non-ortho nitro benzene ring substituents is 2. The van der Waals surface area contributed by atoms with Crippen LogP contribution < -0.4 is 37.9 Å². The molecule has 0 spiro atoms. The van der Waals surface area contributed by atoms with Gasteiger partial charge in [-0.3, -0.25) is 20.2 Å². The molecule has 30 heteroatoms. The summed E-state index contributed by atoms with van der Waals surface area (Å²) >= 11 is 0. The van der Waals surface area contributed by atoms with Gasteiger partial charge >= 0.3 is 11.4 Å². The molecular formula is C54H58N10O20. The molecule has 0 unspecified atom stereocenters. The van der Waals surface area contributed by atoms with E-state index in [2.05, 4.69) is 58.8 Å². The summed E-state index contributed by atoms with van der Waals surface area (Å²) in [7, 11) is 6.66. The fraction of sp³-hybridized carbons (Fsp3) is 0.296. The molecule has 444 valence electrons. The van der Waals surface area contributed by atoms with Crippen LogP contribution in [0.1, 0.15) is 53.4 Å². The van der Waals surface area contributed by atoms with E-state index in [1.165, 1.54) is 0 Å². The third-order valence-electron chi connectivity index (χ3n) is 13.1. The largest absolute Gasteiger partial charge is 0.496 e. The average Bonchev–Trinajstić information content (AvgIpc) is 0.886. The minimum absolute atomic E-state index is 0.105. The number of anilines is 4. The Kier molecular flexibility index (Phi) is 21.6. The second kappa shape index (κ2) is 28.5. The van der Waals surface area contributed by atoms with E-state index >= 15 is 0 Å². The van der Waals surface area contributed by atoms with Gasteiger partial charge in [-0.1, -0.05) is 52.0 Å². The van der Waals surface area contributed by atoms with Crippen molar-refractivity contribution in [1.82, 2.24) is 0 Å². The molecular weight excluding hydrogens is 1110 g/mol. The number of nitro groups is 2. The topological polar surface area (TPSA) is 397 Å². The Balaban J connectivity index is 0.000000245. The molecule has 2 aromatic heterocycles. The van der Waals surface area contributed by atoms with Crippen LogP contribution in [0, 0.1) is 71.1 Å². The van der Waals surface area contributed by atoms with Crippen LogP contribution in [-0.4, -0.2) is 82.1 Å². The zero-order chi connectivity index (χ0) is 62.3. The van der Waals surface area contributed by atoms with Gasteiger partial charge in [-0.15, -0.1) is 20.2 Å². The molecule has 84 heavy (non-hydrogen) atoms. The maximum absolute atomic E-state index is 12.3. The lowest BCUT2D eigenvalue weighted by atomic mass is 9.88. The van der Waals surface area contributed by atoms with E-state index in [1.807, 2.05) is 72.8 Å². The van der Waals surface area contributed by atoms with Crippen LogP contribution in [0.25, 0.3) is 65.9 Å². The summed E-state index contributed by atoms with van der Waals surface area (Å²) in [5, 5.41) is 84.9. The molecule has 0 bridgehead atoms. The predicted octanol–water partition coefficient (Wildman–Crippen LogP) is 11.1. The number of aromatic nitrogens is 2. The number of nitrogens with zero attached hydrogens (tertiary/aromatic N) is 10. The third-order valence-corrected chi connectivity index (χ3v) is 13.1. The summed E-state index contributed by atoms with van der Waals surface area (Å²) in [6.07, 6.45) is 3.53. The van der Waals surface area contributed by atoms with Crippen molar-refractivity contribution < 1.29 is 68.7 Å². The van der Waals surface area contributed by atoms with Crippen molar-refractivity contribution in [2.24, 2.45) is 0 Å². The number of aryl methyl sites for hydroxylation is 2. The monoisotopic (exact) mass is 1170 g/mol. The molecule has 2 aliphatic rings. The van der Waals surface area contributed by atoms with Crippen LogP contribution in [-0.2, 0) is 13.1 Å². The van der Waals surface area contributed by atoms with Crippen LogP contribution in [0.2, 0.25) is 0 Å². The Morgan fingerprint density at radius 2 is 0.702 bits per heavy atom. The van der Waals surface area contributed by atoms with Gasteiger partial charge in [0.15, 0.2) is 0 Å². The summed E-state index contributed by atoms with van der Waals surface area (Å²) in [5.74, 6) is 2.94. The van der Waals surface area contributed by atoms with Gasteiger partial charge in [-0.2, -0.15) is 9.13 Å². The SMILES string of the molecule is CCCN1c2cccc(OC)c2-c2c3c(OC)cccc3[n+](CCC)c3c([N+](=O)[O-])ccc1c23.CCCN1c2cccc(OC)c2-c2c3c(OC)cccc3[n+](CCC)c3c([N+](=O)[O-])ccc1c23.O=[N+]([O-])O.O=[N+]([O-])O.O=[N+]([O-])[O-].O=[N+]([O-])[O-]. The van der Waals surface area contributed by atoms with Crippen LogP contribution in [0.15, 0.2) is 97.1 Å². The van der Waals surface area contributed by atoms with Gasteiger partial charge in [0.25, 0.3) is 21.2 Å². The van der Waals surface area contributed by atoms with E-state index in [9.17, 15) is 20.2 Å². The normalized spacial score (nSPS) is 11.0. The molecule has 0 atom stereocenters. The van der Waals surface area contributed by atoms with Gasteiger partial charge < -0.3 is 69.8 Å². The quantitative estimate of drug-likeness (QED) is 0.0442. The van der Waals surface area contributed by atoms with E-state index in [0.717, 1.165) is 139 Å². The Hall–Kier alpha value is -10.9.